The van der Waals surface area contributed by atoms with E-state index < -0.39 is 17.7 Å². The molecular weight excluding hydrogens is 368 g/mol. The van der Waals surface area contributed by atoms with Crippen molar-refractivity contribution in [3.63, 3.8) is 0 Å². The SMILES string of the molecule is C[C@H](Nc1nc(Nc2cn(C)cn2)c2cnn(C)c2n1)c1ncc(F)cc1F. The monoisotopic (exact) mass is 385 g/mol. The number of hydrogen-bond donors (Lipinski definition) is 2. The number of imidazole rings is 1. The van der Waals surface area contributed by atoms with E-state index >= 15 is 0 Å². The lowest BCUT2D eigenvalue weighted by Gasteiger charge is -2.15. The van der Waals surface area contributed by atoms with E-state index in [2.05, 4.69) is 35.7 Å². The maximum absolute atomic E-state index is 14.0. The van der Waals surface area contributed by atoms with E-state index in [9.17, 15) is 8.78 Å². The summed E-state index contributed by atoms with van der Waals surface area (Å²) >= 11 is 0. The first kappa shape index (κ1) is 17.8. The van der Waals surface area contributed by atoms with Gasteiger partial charge in [0.2, 0.25) is 5.95 Å². The molecule has 0 fully saturated rings. The molecule has 28 heavy (non-hydrogen) atoms. The zero-order valence-corrected chi connectivity index (χ0v) is 15.4. The minimum absolute atomic E-state index is 0.0642. The third-order valence-corrected chi connectivity index (χ3v) is 4.14. The van der Waals surface area contributed by atoms with E-state index in [0.717, 1.165) is 12.3 Å². The molecule has 4 rings (SSSR count). The molecule has 0 saturated carbocycles. The van der Waals surface area contributed by atoms with Crippen LogP contribution in [0.1, 0.15) is 18.7 Å². The fourth-order valence-corrected chi connectivity index (χ4v) is 2.79. The second-order valence-electron chi connectivity index (χ2n) is 6.34. The number of aromatic nitrogens is 7. The molecule has 0 aliphatic heterocycles. The van der Waals surface area contributed by atoms with Gasteiger partial charge in [-0.15, -0.1) is 0 Å². The quantitative estimate of drug-likeness (QED) is 0.545. The molecule has 0 amide bonds. The molecular formula is C17H17F2N9. The minimum Gasteiger partial charge on any atom is -0.346 e. The van der Waals surface area contributed by atoms with Gasteiger partial charge in [-0.3, -0.25) is 9.67 Å². The van der Waals surface area contributed by atoms with Crippen LogP contribution in [0.4, 0.5) is 26.4 Å². The third kappa shape index (κ3) is 3.33. The summed E-state index contributed by atoms with van der Waals surface area (Å²) < 4.78 is 30.5. The smallest absolute Gasteiger partial charge is 0.227 e. The molecule has 1 atom stereocenters. The predicted molar refractivity (Wildman–Crippen MR) is 99.0 cm³/mol. The molecule has 0 unspecified atom stereocenters. The van der Waals surface area contributed by atoms with Crippen LogP contribution in [0, 0.1) is 11.6 Å². The Labute approximate surface area is 158 Å². The van der Waals surface area contributed by atoms with Crippen molar-refractivity contribution in [3.8, 4) is 0 Å². The van der Waals surface area contributed by atoms with E-state index in [1.54, 1.807) is 41.9 Å². The summed E-state index contributed by atoms with van der Waals surface area (Å²) in [6, 6.07) is 0.202. The number of pyridine rings is 1. The molecule has 0 aliphatic rings. The molecule has 0 aliphatic carbocycles. The Morgan fingerprint density at radius 1 is 1.11 bits per heavy atom. The van der Waals surface area contributed by atoms with Crippen LogP contribution in [0.25, 0.3) is 11.0 Å². The van der Waals surface area contributed by atoms with E-state index in [1.165, 1.54) is 0 Å². The average Bonchev–Trinajstić information content (AvgIpc) is 3.21. The number of nitrogens with one attached hydrogen (secondary N) is 2. The molecule has 4 heterocycles. The fourth-order valence-electron chi connectivity index (χ4n) is 2.79. The number of nitrogens with zero attached hydrogens (tertiary/aromatic N) is 7. The summed E-state index contributed by atoms with van der Waals surface area (Å²) in [5.74, 6) is -0.125. The highest BCUT2D eigenvalue weighted by Crippen LogP contribution is 2.26. The van der Waals surface area contributed by atoms with Gasteiger partial charge in [0.05, 0.1) is 35.8 Å². The van der Waals surface area contributed by atoms with Gasteiger partial charge in [-0.05, 0) is 6.92 Å². The van der Waals surface area contributed by atoms with Crippen LogP contribution in [-0.2, 0) is 14.1 Å². The van der Waals surface area contributed by atoms with Gasteiger partial charge in [0.25, 0.3) is 0 Å². The Bertz CT molecular complexity index is 1150. The Kier molecular flexibility index (Phi) is 4.34. The molecule has 11 heteroatoms. The highest BCUT2D eigenvalue weighted by Gasteiger charge is 2.17. The first-order chi connectivity index (χ1) is 13.4. The summed E-state index contributed by atoms with van der Waals surface area (Å²) in [5, 5.41) is 11.1. The number of halogens is 2. The number of rotatable bonds is 5. The number of anilines is 3. The summed E-state index contributed by atoms with van der Waals surface area (Å²) in [7, 11) is 3.62. The zero-order valence-electron chi connectivity index (χ0n) is 15.4. The molecule has 0 bridgehead atoms. The molecule has 0 saturated heterocycles. The number of aryl methyl sites for hydroxylation is 2. The Morgan fingerprint density at radius 2 is 1.93 bits per heavy atom. The largest absolute Gasteiger partial charge is 0.346 e. The molecule has 4 aromatic heterocycles. The van der Waals surface area contributed by atoms with Crippen molar-refractivity contribution in [3.05, 3.63) is 48.3 Å². The molecule has 144 valence electrons. The summed E-state index contributed by atoms with van der Waals surface area (Å²) in [6.07, 6.45) is 6.08. The van der Waals surface area contributed by atoms with Gasteiger partial charge in [-0.1, -0.05) is 0 Å². The van der Waals surface area contributed by atoms with Crippen molar-refractivity contribution in [1.29, 1.82) is 0 Å². The van der Waals surface area contributed by atoms with Crippen LogP contribution in [-0.4, -0.2) is 34.3 Å². The van der Waals surface area contributed by atoms with E-state index in [-0.39, 0.29) is 11.6 Å². The topological polar surface area (TPSA) is 98.4 Å². The van der Waals surface area contributed by atoms with Gasteiger partial charge in [-0.25, -0.2) is 13.8 Å². The number of fused-ring (bicyclic) bond motifs is 1. The maximum atomic E-state index is 14.0. The van der Waals surface area contributed by atoms with Crippen molar-refractivity contribution in [2.24, 2.45) is 14.1 Å². The Morgan fingerprint density at radius 3 is 2.64 bits per heavy atom. The first-order valence-corrected chi connectivity index (χ1v) is 8.43. The standard InChI is InChI=1S/C17H17F2N9/c1-9(14-12(19)4-10(18)5-20-14)23-17-25-15(24-13-7-27(2)8-21-13)11-6-22-28(3)16(11)26-17/h4-9H,1-3H3,(H2,23,24,25,26)/t9-/m0/s1. The summed E-state index contributed by atoms with van der Waals surface area (Å²) in [5.41, 5.74) is 0.644. The van der Waals surface area contributed by atoms with E-state index in [0.29, 0.717) is 22.7 Å². The van der Waals surface area contributed by atoms with Gasteiger partial charge in [0.15, 0.2) is 5.65 Å². The lowest BCUT2D eigenvalue weighted by atomic mass is 10.2. The molecule has 0 aromatic carbocycles. The van der Waals surface area contributed by atoms with Crippen LogP contribution in [0.15, 0.2) is 31.0 Å². The Hall–Kier alpha value is -3.63. The van der Waals surface area contributed by atoms with E-state index in [4.69, 9.17) is 0 Å². The van der Waals surface area contributed by atoms with Crippen LogP contribution < -0.4 is 10.6 Å². The second kappa shape index (κ2) is 6.83. The van der Waals surface area contributed by atoms with Gasteiger partial charge in [-0.2, -0.15) is 15.1 Å². The van der Waals surface area contributed by atoms with Gasteiger partial charge >= 0.3 is 0 Å². The second-order valence-corrected chi connectivity index (χ2v) is 6.34. The lowest BCUT2D eigenvalue weighted by Crippen LogP contribution is -2.14. The van der Waals surface area contributed by atoms with Crippen molar-refractivity contribution < 1.29 is 8.78 Å². The third-order valence-electron chi connectivity index (χ3n) is 4.14. The molecule has 0 spiro atoms. The average molecular weight is 385 g/mol. The fraction of sp³-hybridized carbons (Fsp3) is 0.235. The van der Waals surface area contributed by atoms with Crippen molar-refractivity contribution in [1.82, 2.24) is 34.3 Å². The van der Waals surface area contributed by atoms with Gasteiger partial charge < -0.3 is 15.2 Å². The lowest BCUT2D eigenvalue weighted by molar-refractivity contribution is 0.550. The highest BCUT2D eigenvalue weighted by molar-refractivity contribution is 5.89. The van der Waals surface area contributed by atoms with Gasteiger partial charge in [0.1, 0.15) is 23.3 Å². The normalized spacial score (nSPS) is 12.3. The molecule has 0 radical (unpaired) electrons. The van der Waals surface area contributed by atoms with Crippen LogP contribution in [0.3, 0.4) is 0 Å². The van der Waals surface area contributed by atoms with Crippen LogP contribution >= 0.6 is 0 Å². The highest BCUT2D eigenvalue weighted by atomic mass is 19.1. The summed E-state index contributed by atoms with van der Waals surface area (Å²) in [6.45, 7) is 1.69. The number of hydrogen-bond acceptors (Lipinski definition) is 7. The maximum Gasteiger partial charge on any atom is 0.227 e. The van der Waals surface area contributed by atoms with Crippen molar-refractivity contribution in [2.45, 2.75) is 13.0 Å². The minimum atomic E-state index is -0.742. The van der Waals surface area contributed by atoms with Gasteiger partial charge in [0, 0.05) is 26.4 Å². The van der Waals surface area contributed by atoms with E-state index in [1.807, 2.05) is 7.05 Å². The van der Waals surface area contributed by atoms with Crippen LogP contribution in [0.2, 0.25) is 0 Å². The molecule has 9 nitrogen and oxygen atoms in total. The first-order valence-electron chi connectivity index (χ1n) is 8.43. The predicted octanol–water partition coefficient (Wildman–Crippen LogP) is 2.69. The van der Waals surface area contributed by atoms with Crippen molar-refractivity contribution >= 4 is 28.6 Å². The van der Waals surface area contributed by atoms with Crippen LogP contribution in [0.5, 0.6) is 0 Å². The van der Waals surface area contributed by atoms with Crippen molar-refractivity contribution in [2.75, 3.05) is 10.6 Å². The molecule has 2 N–H and O–H groups in total. The summed E-state index contributed by atoms with van der Waals surface area (Å²) in [4.78, 5) is 17.0. The Balaban J connectivity index is 1.69. The molecule has 4 aromatic rings. The zero-order chi connectivity index (χ0) is 19.8.